The van der Waals surface area contributed by atoms with Gasteiger partial charge in [-0.25, -0.2) is 4.79 Å². The molecule has 0 aliphatic heterocycles. The first-order valence-electron chi connectivity index (χ1n) is 6.21. The topological polar surface area (TPSA) is 72.8 Å². The molecule has 0 atom stereocenters. The number of carboxylic acid groups (broad SMARTS) is 1. The van der Waals surface area contributed by atoms with Crippen LogP contribution in [0, 0.1) is 0 Å². The van der Waals surface area contributed by atoms with E-state index in [2.05, 4.69) is 0 Å². The van der Waals surface area contributed by atoms with Gasteiger partial charge in [-0.1, -0.05) is 12.1 Å². The molecule has 1 rings (SSSR count). The van der Waals surface area contributed by atoms with Gasteiger partial charge in [-0.15, -0.1) is 0 Å². The van der Waals surface area contributed by atoms with Crippen LogP contribution in [0.4, 0.5) is 0 Å². The molecule has 1 N–H and O–H groups in total. The Balaban J connectivity index is 2.71. The monoisotopic (exact) mass is 286 g/mol. The Hall–Kier alpha value is -1.16. The van der Waals surface area contributed by atoms with Crippen LogP contribution in [-0.2, 0) is 20.0 Å². The van der Waals surface area contributed by atoms with Crippen molar-refractivity contribution in [3.8, 4) is 0 Å². The molecule has 5 nitrogen and oxygen atoms in total. The first-order valence-corrected chi connectivity index (χ1v) is 7.94. The van der Waals surface area contributed by atoms with E-state index in [0.717, 1.165) is 5.56 Å². The number of rotatable bonds is 8. The highest BCUT2D eigenvalue weighted by Crippen LogP contribution is 2.48. The van der Waals surface area contributed by atoms with Crippen molar-refractivity contribution >= 4 is 13.6 Å². The van der Waals surface area contributed by atoms with Crippen molar-refractivity contribution in [2.45, 2.75) is 20.3 Å². The Bertz CT molecular complexity index is 462. The van der Waals surface area contributed by atoms with Crippen LogP contribution in [-0.4, -0.2) is 30.5 Å². The van der Waals surface area contributed by atoms with E-state index in [9.17, 15) is 9.36 Å². The molecule has 0 unspecified atom stereocenters. The van der Waals surface area contributed by atoms with Crippen LogP contribution in [0.5, 0.6) is 0 Å². The molecule has 0 bridgehead atoms. The number of aromatic carboxylic acids is 1. The van der Waals surface area contributed by atoms with Gasteiger partial charge in [0, 0.05) is 0 Å². The normalized spacial score (nSPS) is 11.5. The number of carboxylic acids is 1. The minimum atomic E-state index is -3.07. The molecule has 6 heteroatoms. The number of aryl methyl sites for hydroxylation is 1. The molecule has 0 aliphatic carbocycles. The second-order valence-electron chi connectivity index (χ2n) is 3.93. The van der Waals surface area contributed by atoms with Gasteiger partial charge in [0.25, 0.3) is 0 Å². The van der Waals surface area contributed by atoms with Gasteiger partial charge >= 0.3 is 13.6 Å². The predicted molar refractivity (Wildman–Crippen MR) is 72.8 cm³/mol. The zero-order valence-corrected chi connectivity index (χ0v) is 12.1. The maximum Gasteiger partial charge on any atom is 0.335 e. The van der Waals surface area contributed by atoms with Gasteiger partial charge in [0.05, 0.1) is 24.9 Å². The summed E-state index contributed by atoms with van der Waals surface area (Å²) < 4.78 is 22.6. The lowest BCUT2D eigenvalue weighted by Gasteiger charge is -2.16. The van der Waals surface area contributed by atoms with Gasteiger partial charge in [0.15, 0.2) is 0 Å². The van der Waals surface area contributed by atoms with Gasteiger partial charge in [-0.05, 0) is 38.0 Å². The Morgan fingerprint density at radius 1 is 1.26 bits per heavy atom. The second kappa shape index (κ2) is 7.43. The van der Waals surface area contributed by atoms with Crippen LogP contribution < -0.4 is 0 Å². The number of benzene rings is 1. The predicted octanol–water partition coefficient (Wildman–Crippen LogP) is 3.19. The maximum absolute atomic E-state index is 12.2. The molecule has 106 valence electrons. The number of hydrogen-bond acceptors (Lipinski definition) is 4. The highest BCUT2D eigenvalue weighted by atomic mass is 31.2. The third-order valence-electron chi connectivity index (χ3n) is 2.50. The van der Waals surface area contributed by atoms with Crippen molar-refractivity contribution in [2.75, 3.05) is 19.4 Å². The molecular formula is C13H19O5P. The lowest BCUT2D eigenvalue weighted by atomic mass is 10.1. The Labute approximate surface area is 113 Å². The highest BCUT2D eigenvalue weighted by Gasteiger charge is 2.23. The fourth-order valence-electron chi connectivity index (χ4n) is 1.69. The van der Waals surface area contributed by atoms with E-state index in [1.54, 1.807) is 32.0 Å². The number of hydrogen-bond donors (Lipinski definition) is 1. The Morgan fingerprint density at radius 3 is 2.42 bits per heavy atom. The summed E-state index contributed by atoms with van der Waals surface area (Å²) in [5, 5.41) is 8.90. The van der Waals surface area contributed by atoms with Gasteiger partial charge in [0.1, 0.15) is 0 Å². The molecule has 0 saturated carbocycles. The molecule has 0 fully saturated rings. The highest BCUT2D eigenvalue weighted by molar-refractivity contribution is 7.53. The smallest absolute Gasteiger partial charge is 0.335 e. The SMILES string of the molecule is CCOP(=O)(CCc1cccc(C(=O)O)c1)OCC. The van der Waals surface area contributed by atoms with Crippen molar-refractivity contribution in [3.63, 3.8) is 0 Å². The molecule has 0 radical (unpaired) electrons. The van der Waals surface area contributed by atoms with E-state index in [1.807, 2.05) is 0 Å². The minimum absolute atomic E-state index is 0.222. The van der Waals surface area contributed by atoms with Gasteiger partial charge in [-0.3, -0.25) is 4.57 Å². The third-order valence-corrected chi connectivity index (χ3v) is 4.57. The molecule has 1 aromatic rings. The maximum atomic E-state index is 12.2. The largest absolute Gasteiger partial charge is 0.478 e. The molecule has 19 heavy (non-hydrogen) atoms. The van der Waals surface area contributed by atoms with Crippen LogP contribution in [0.3, 0.4) is 0 Å². The van der Waals surface area contributed by atoms with E-state index in [0.29, 0.717) is 19.6 Å². The third kappa shape index (κ3) is 5.15. The van der Waals surface area contributed by atoms with Crippen LogP contribution in [0.25, 0.3) is 0 Å². The summed E-state index contributed by atoms with van der Waals surface area (Å²) in [7, 11) is -3.07. The van der Waals surface area contributed by atoms with Gasteiger partial charge in [-0.2, -0.15) is 0 Å². The summed E-state index contributed by atoms with van der Waals surface area (Å²) in [4.78, 5) is 10.9. The quantitative estimate of drug-likeness (QED) is 0.743. The lowest BCUT2D eigenvalue weighted by Crippen LogP contribution is -2.04. The van der Waals surface area contributed by atoms with Crippen LogP contribution >= 0.6 is 7.60 Å². The molecular weight excluding hydrogens is 267 g/mol. The summed E-state index contributed by atoms with van der Waals surface area (Å²) in [5.41, 5.74) is 1.03. The fourth-order valence-corrected chi connectivity index (χ4v) is 3.34. The molecule has 0 saturated heterocycles. The van der Waals surface area contributed by atoms with Crippen LogP contribution in [0.1, 0.15) is 29.8 Å². The molecule has 0 amide bonds. The lowest BCUT2D eigenvalue weighted by molar-refractivity contribution is 0.0696. The van der Waals surface area contributed by atoms with E-state index < -0.39 is 13.6 Å². The van der Waals surface area contributed by atoms with Gasteiger partial charge < -0.3 is 14.2 Å². The second-order valence-corrected chi connectivity index (χ2v) is 6.11. The zero-order valence-electron chi connectivity index (χ0n) is 11.2. The van der Waals surface area contributed by atoms with Gasteiger partial charge in [0.2, 0.25) is 0 Å². The van der Waals surface area contributed by atoms with Crippen molar-refractivity contribution in [3.05, 3.63) is 35.4 Å². The summed E-state index contributed by atoms with van der Waals surface area (Å²) in [6.45, 7) is 4.17. The first kappa shape index (κ1) is 15.9. The summed E-state index contributed by atoms with van der Waals surface area (Å²) in [6, 6.07) is 6.57. The summed E-state index contributed by atoms with van der Waals surface area (Å²) in [5.74, 6) is -0.973. The first-order chi connectivity index (χ1) is 9.00. The average Bonchev–Trinajstić information content (AvgIpc) is 2.37. The number of carbonyl (C=O) groups is 1. The Morgan fingerprint density at radius 2 is 1.89 bits per heavy atom. The van der Waals surface area contributed by atoms with Crippen molar-refractivity contribution in [2.24, 2.45) is 0 Å². The molecule has 1 aromatic carbocycles. The summed E-state index contributed by atoms with van der Waals surface area (Å²) in [6.07, 6.45) is 0.705. The standard InChI is InChI=1S/C13H19O5P/c1-3-17-19(16,18-4-2)9-8-11-6-5-7-12(10-11)13(14)15/h5-7,10H,3-4,8-9H2,1-2H3,(H,14,15). The van der Waals surface area contributed by atoms with Crippen molar-refractivity contribution < 1.29 is 23.5 Å². The summed E-state index contributed by atoms with van der Waals surface area (Å²) >= 11 is 0. The van der Waals surface area contributed by atoms with E-state index in [1.165, 1.54) is 6.07 Å². The van der Waals surface area contributed by atoms with Crippen LogP contribution in [0.2, 0.25) is 0 Å². The van der Waals surface area contributed by atoms with Crippen LogP contribution in [0.15, 0.2) is 24.3 Å². The molecule has 0 aliphatic rings. The molecule has 0 spiro atoms. The van der Waals surface area contributed by atoms with Crippen molar-refractivity contribution in [1.29, 1.82) is 0 Å². The molecule has 0 heterocycles. The van der Waals surface area contributed by atoms with E-state index in [-0.39, 0.29) is 11.7 Å². The van der Waals surface area contributed by atoms with E-state index >= 15 is 0 Å². The Kier molecular flexibility index (Phi) is 6.22. The molecule has 0 aromatic heterocycles. The minimum Gasteiger partial charge on any atom is -0.478 e. The van der Waals surface area contributed by atoms with Crippen molar-refractivity contribution in [1.82, 2.24) is 0 Å². The average molecular weight is 286 g/mol. The fraction of sp³-hybridized carbons (Fsp3) is 0.462. The van der Waals surface area contributed by atoms with E-state index in [4.69, 9.17) is 14.2 Å². The zero-order chi connectivity index (χ0) is 14.3.